The van der Waals surface area contributed by atoms with E-state index in [9.17, 15) is 8.42 Å². The van der Waals surface area contributed by atoms with Crippen molar-refractivity contribution in [3.05, 3.63) is 29.8 Å². The Balaban J connectivity index is 2.07. The van der Waals surface area contributed by atoms with Gasteiger partial charge in [-0.2, -0.15) is 0 Å². The Labute approximate surface area is 122 Å². The molecule has 1 aromatic carbocycles. The number of hydrogen-bond acceptors (Lipinski definition) is 3. The lowest BCUT2D eigenvalue weighted by molar-refractivity contribution is 0.459. The quantitative estimate of drug-likeness (QED) is 0.801. The molecule has 0 heterocycles. The van der Waals surface area contributed by atoms with Crippen LogP contribution in [0.3, 0.4) is 0 Å². The van der Waals surface area contributed by atoms with Gasteiger partial charge in [-0.05, 0) is 37.0 Å². The third-order valence-electron chi connectivity index (χ3n) is 3.61. The number of unbranched alkanes of at least 4 members (excludes halogenated alkanes) is 1. The highest BCUT2D eigenvalue weighted by Crippen LogP contribution is 2.20. The molecular weight excluding hydrogens is 272 g/mol. The molecule has 112 valence electrons. The number of hydrogen-bond donors (Lipinski definition) is 1. The molecule has 0 amide bonds. The molecule has 1 N–H and O–H groups in total. The van der Waals surface area contributed by atoms with Crippen LogP contribution in [-0.2, 0) is 16.6 Å². The van der Waals surface area contributed by atoms with E-state index < -0.39 is 10.0 Å². The zero-order chi connectivity index (χ0) is 14.6. The summed E-state index contributed by atoms with van der Waals surface area (Å²) in [5, 5.41) is 3.41. The molecule has 1 aliphatic rings. The Morgan fingerprint density at radius 2 is 2.10 bits per heavy atom. The maximum absolute atomic E-state index is 12.4. The summed E-state index contributed by atoms with van der Waals surface area (Å²) < 4.78 is 26.3. The molecule has 1 aliphatic carbocycles. The lowest BCUT2D eigenvalue weighted by atomic mass is 10.2. The van der Waals surface area contributed by atoms with E-state index in [-0.39, 0.29) is 0 Å². The van der Waals surface area contributed by atoms with Gasteiger partial charge in [0.2, 0.25) is 10.0 Å². The predicted octanol–water partition coefficient (Wildman–Crippen LogP) is 2.36. The smallest absolute Gasteiger partial charge is 0.242 e. The normalized spacial score (nSPS) is 15.8. The molecule has 1 fully saturated rings. The molecule has 0 atom stereocenters. The van der Waals surface area contributed by atoms with Gasteiger partial charge in [-0.1, -0.05) is 25.5 Å². The number of rotatable bonds is 8. The predicted molar refractivity (Wildman–Crippen MR) is 81.0 cm³/mol. The van der Waals surface area contributed by atoms with Crippen LogP contribution in [0, 0.1) is 0 Å². The van der Waals surface area contributed by atoms with Crippen LogP contribution in [0.5, 0.6) is 0 Å². The van der Waals surface area contributed by atoms with E-state index in [4.69, 9.17) is 0 Å². The lowest BCUT2D eigenvalue weighted by Gasteiger charge is -2.17. The van der Waals surface area contributed by atoms with E-state index in [1.165, 1.54) is 17.1 Å². The van der Waals surface area contributed by atoms with Gasteiger partial charge in [0.15, 0.2) is 0 Å². The first-order chi connectivity index (χ1) is 9.54. The fourth-order valence-corrected chi connectivity index (χ4v) is 3.33. The van der Waals surface area contributed by atoms with E-state index >= 15 is 0 Å². The van der Waals surface area contributed by atoms with Gasteiger partial charge in [-0.15, -0.1) is 0 Å². The van der Waals surface area contributed by atoms with Crippen molar-refractivity contribution in [3.63, 3.8) is 0 Å². The van der Waals surface area contributed by atoms with Crippen LogP contribution >= 0.6 is 0 Å². The summed E-state index contributed by atoms with van der Waals surface area (Å²) >= 11 is 0. The third kappa shape index (κ3) is 4.04. The molecule has 0 spiro atoms. The van der Waals surface area contributed by atoms with Crippen molar-refractivity contribution in [1.29, 1.82) is 0 Å². The van der Waals surface area contributed by atoms with Crippen molar-refractivity contribution < 1.29 is 8.42 Å². The molecule has 5 heteroatoms. The van der Waals surface area contributed by atoms with Crippen molar-refractivity contribution in [2.24, 2.45) is 0 Å². The fourth-order valence-electron chi connectivity index (χ4n) is 2.05. The second kappa shape index (κ2) is 6.70. The molecule has 0 saturated heterocycles. The lowest BCUT2D eigenvalue weighted by Crippen LogP contribution is -2.28. The molecule has 0 aromatic heterocycles. The average Bonchev–Trinajstić information content (AvgIpc) is 3.27. The van der Waals surface area contributed by atoms with Crippen LogP contribution in [0.1, 0.15) is 38.2 Å². The molecule has 0 bridgehead atoms. The fraction of sp³-hybridized carbons (Fsp3) is 0.600. The molecule has 0 radical (unpaired) electrons. The minimum atomic E-state index is -3.35. The maximum Gasteiger partial charge on any atom is 0.242 e. The van der Waals surface area contributed by atoms with E-state index in [1.807, 2.05) is 12.1 Å². The Morgan fingerprint density at radius 1 is 1.35 bits per heavy atom. The molecular formula is C15H24N2O2S. The van der Waals surface area contributed by atoms with Gasteiger partial charge in [0.25, 0.3) is 0 Å². The maximum atomic E-state index is 12.4. The highest BCUT2D eigenvalue weighted by atomic mass is 32.2. The number of nitrogens with one attached hydrogen (secondary N) is 1. The van der Waals surface area contributed by atoms with Crippen LogP contribution in [0.25, 0.3) is 0 Å². The van der Waals surface area contributed by atoms with Gasteiger partial charge < -0.3 is 5.32 Å². The highest BCUT2D eigenvalue weighted by Gasteiger charge is 2.22. The summed E-state index contributed by atoms with van der Waals surface area (Å²) in [5.74, 6) is 0. The summed E-state index contributed by atoms with van der Waals surface area (Å²) in [7, 11) is -1.70. The third-order valence-corrected chi connectivity index (χ3v) is 5.46. The Bertz CT molecular complexity index is 539. The van der Waals surface area contributed by atoms with Crippen LogP contribution in [0.4, 0.5) is 0 Å². The van der Waals surface area contributed by atoms with Gasteiger partial charge in [0.05, 0.1) is 4.90 Å². The largest absolute Gasteiger partial charge is 0.310 e. The summed E-state index contributed by atoms with van der Waals surface area (Å²) in [4.78, 5) is 0.395. The molecule has 0 aliphatic heterocycles. The van der Waals surface area contributed by atoms with Crippen molar-refractivity contribution in [3.8, 4) is 0 Å². The van der Waals surface area contributed by atoms with Crippen LogP contribution < -0.4 is 5.32 Å². The van der Waals surface area contributed by atoms with Crippen LogP contribution in [0.2, 0.25) is 0 Å². The van der Waals surface area contributed by atoms with Gasteiger partial charge in [-0.3, -0.25) is 0 Å². The summed E-state index contributed by atoms with van der Waals surface area (Å²) in [6.45, 7) is 3.38. The molecule has 20 heavy (non-hydrogen) atoms. The molecule has 1 aromatic rings. The van der Waals surface area contributed by atoms with E-state index in [0.717, 1.165) is 24.9 Å². The standard InChI is InChI=1S/C15H24N2O2S/c1-3-4-10-17(2)20(18,19)15-7-5-6-13(11-15)12-16-14-8-9-14/h5-7,11,14,16H,3-4,8-10,12H2,1-2H3. The molecule has 1 saturated carbocycles. The van der Waals surface area contributed by atoms with Gasteiger partial charge in [-0.25, -0.2) is 12.7 Å². The van der Waals surface area contributed by atoms with Crippen molar-refractivity contribution in [2.75, 3.05) is 13.6 Å². The number of benzene rings is 1. The minimum absolute atomic E-state index is 0.395. The SMILES string of the molecule is CCCCN(C)S(=O)(=O)c1cccc(CNC2CC2)c1. The van der Waals surface area contributed by atoms with E-state index in [2.05, 4.69) is 12.2 Å². The first-order valence-electron chi connectivity index (χ1n) is 7.32. The Hall–Kier alpha value is -0.910. The second-order valence-electron chi connectivity index (χ2n) is 5.48. The molecule has 0 unspecified atom stereocenters. The first kappa shape index (κ1) is 15.5. The number of sulfonamides is 1. The second-order valence-corrected chi connectivity index (χ2v) is 7.53. The van der Waals surface area contributed by atoms with E-state index in [1.54, 1.807) is 19.2 Å². The van der Waals surface area contributed by atoms with Gasteiger partial charge in [0, 0.05) is 26.2 Å². The zero-order valence-electron chi connectivity index (χ0n) is 12.3. The zero-order valence-corrected chi connectivity index (χ0v) is 13.1. The summed E-state index contributed by atoms with van der Waals surface area (Å²) in [5.41, 5.74) is 1.03. The summed E-state index contributed by atoms with van der Waals surface area (Å²) in [6.07, 6.45) is 4.35. The van der Waals surface area contributed by atoms with Crippen LogP contribution in [0.15, 0.2) is 29.2 Å². The van der Waals surface area contributed by atoms with Crippen molar-refractivity contribution in [2.45, 2.75) is 50.1 Å². The monoisotopic (exact) mass is 296 g/mol. The number of nitrogens with zero attached hydrogens (tertiary/aromatic N) is 1. The van der Waals surface area contributed by atoms with Crippen molar-refractivity contribution in [1.82, 2.24) is 9.62 Å². The molecule has 4 nitrogen and oxygen atoms in total. The molecule has 2 rings (SSSR count). The summed E-state index contributed by atoms with van der Waals surface area (Å²) in [6, 6.07) is 7.89. The van der Waals surface area contributed by atoms with Gasteiger partial charge in [0.1, 0.15) is 0 Å². The first-order valence-corrected chi connectivity index (χ1v) is 8.76. The Morgan fingerprint density at radius 3 is 2.75 bits per heavy atom. The van der Waals surface area contributed by atoms with Crippen molar-refractivity contribution >= 4 is 10.0 Å². The van der Waals surface area contributed by atoms with E-state index in [0.29, 0.717) is 17.5 Å². The van der Waals surface area contributed by atoms with Crippen LogP contribution in [-0.4, -0.2) is 32.4 Å². The Kier molecular flexibility index (Phi) is 5.18. The average molecular weight is 296 g/mol. The van der Waals surface area contributed by atoms with Gasteiger partial charge >= 0.3 is 0 Å². The topological polar surface area (TPSA) is 49.4 Å². The highest BCUT2D eigenvalue weighted by molar-refractivity contribution is 7.89. The minimum Gasteiger partial charge on any atom is -0.310 e.